The normalized spacial score (nSPS) is 10.7. The smallest absolute Gasteiger partial charge is 0.336 e. The lowest BCUT2D eigenvalue weighted by Gasteiger charge is -2.06. The summed E-state index contributed by atoms with van der Waals surface area (Å²) in [6, 6.07) is 18.2. The zero-order chi connectivity index (χ0) is 19.3. The molecule has 0 radical (unpaired) electrons. The third kappa shape index (κ3) is 4.44. The van der Waals surface area contributed by atoms with Crippen LogP contribution < -0.4 is 15.7 Å². The fourth-order valence-corrected chi connectivity index (χ4v) is 3.54. The summed E-state index contributed by atoms with van der Waals surface area (Å²) in [5, 5.41) is 4.05. The van der Waals surface area contributed by atoms with Crippen LogP contribution in [0.2, 0.25) is 0 Å². The number of carbonyl (C=O) groups excluding carboxylic acids is 1. The van der Waals surface area contributed by atoms with Gasteiger partial charge < -0.3 is 9.15 Å². The molecule has 0 fully saturated rings. The lowest BCUT2D eigenvalue weighted by atomic mass is 10.1. The molecule has 0 atom stereocenters. The van der Waals surface area contributed by atoms with Gasteiger partial charge in [-0.25, -0.2) is 9.78 Å². The Bertz CT molecular complexity index is 1170. The van der Waals surface area contributed by atoms with E-state index in [4.69, 9.17) is 9.15 Å². The summed E-state index contributed by atoms with van der Waals surface area (Å²) >= 11 is 1.43. The first kappa shape index (κ1) is 17.9. The molecule has 1 amide bonds. The third-order valence-electron chi connectivity index (χ3n) is 3.99. The molecule has 7 heteroatoms. The van der Waals surface area contributed by atoms with Crippen LogP contribution in [-0.4, -0.2) is 17.5 Å². The Morgan fingerprint density at radius 1 is 1.11 bits per heavy atom. The van der Waals surface area contributed by atoms with E-state index in [1.165, 1.54) is 23.0 Å². The number of ether oxygens (including phenoxy) is 1. The maximum absolute atomic E-state index is 12.1. The maximum Gasteiger partial charge on any atom is 0.336 e. The van der Waals surface area contributed by atoms with E-state index in [0.717, 1.165) is 16.7 Å². The highest BCUT2D eigenvalue weighted by Crippen LogP contribution is 2.22. The number of nitrogens with zero attached hydrogens (tertiary/aromatic N) is 1. The van der Waals surface area contributed by atoms with E-state index < -0.39 is 5.63 Å². The Kier molecular flexibility index (Phi) is 5.16. The van der Waals surface area contributed by atoms with Crippen molar-refractivity contribution in [1.29, 1.82) is 0 Å². The highest BCUT2D eigenvalue weighted by Gasteiger charge is 2.09. The molecular weight excluding hydrogens is 376 g/mol. The van der Waals surface area contributed by atoms with Gasteiger partial charge >= 0.3 is 5.63 Å². The third-order valence-corrected chi connectivity index (χ3v) is 4.90. The molecule has 28 heavy (non-hydrogen) atoms. The summed E-state index contributed by atoms with van der Waals surface area (Å²) in [6.07, 6.45) is 2.53. The summed E-state index contributed by atoms with van der Waals surface area (Å²) < 4.78 is 10.6. The van der Waals surface area contributed by atoms with Crippen LogP contribution >= 0.6 is 11.3 Å². The predicted molar refractivity (Wildman–Crippen MR) is 108 cm³/mol. The second-order valence-electron chi connectivity index (χ2n) is 6.09. The van der Waals surface area contributed by atoms with E-state index in [1.807, 2.05) is 18.2 Å². The topological polar surface area (TPSA) is 81.4 Å². The van der Waals surface area contributed by atoms with Gasteiger partial charge in [0.2, 0.25) is 0 Å². The average Bonchev–Trinajstić information content (AvgIpc) is 3.13. The molecule has 0 unspecified atom stereocenters. The molecule has 4 aromatic rings. The van der Waals surface area contributed by atoms with Crippen LogP contribution in [0.25, 0.3) is 11.0 Å². The van der Waals surface area contributed by atoms with Gasteiger partial charge in [0.05, 0.1) is 0 Å². The summed E-state index contributed by atoms with van der Waals surface area (Å²) in [5.74, 6) is 0.135. The van der Waals surface area contributed by atoms with Gasteiger partial charge in [0.1, 0.15) is 11.3 Å². The van der Waals surface area contributed by atoms with Crippen LogP contribution in [0.3, 0.4) is 0 Å². The van der Waals surface area contributed by atoms with Crippen molar-refractivity contribution in [3.8, 4) is 5.75 Å². The van der Waals surface area contributed by atoms with Gasteiger partial charge in [-0.05, 0) is 23.8 Å². The monoisotopic (exact) mass is 392 g/mol. The van der Waals surface area contributed by atoms with Crippen molar-refractivity contribution in [3.63, 3.8) is 0 Å². The van der Waals surface area contributed by atoms with Gasteiger partial charge in [0.15, 0.2) is 11.7 Å². The molecule has 1 N–H and O–H groups in total. The number of aromatic nitrogens is 1. The van der Waals surface area contributed by atoms with Crippen LogP contribution in [0.4, 0.5) is 5.13 Å². The van der Waals surface area contributed by atoms with E-state index in [2.05, 4.69) is 22.4 Å². The number of rotatable bonds is 6. The molecule has 0 saturated heterocycles. The number of fused-ring (bicyclic) bond motifs is 1. The van der Waals surface area contributed by atoms with Crippen molar-refractivity contribution in [2.75, 3.05) is 11.9 Å². The van der Waals surface area contributed by atoms with Gasteiger partial charge in [-0.3, -0.25) is 10.1 Å². The molecule has 2 aromatic heterocycles. The molecule has 0 aliphatic heterocycles. The van der Waals surface area contributed by atoms with Crippen molar-refractivity contribution in [1.82, 2.24) is 4.98 Å². The first-order valence-corrected chi connectivity index (χ1v) is 9.42. The van der Waals surface area contributed by atoms with E-state index in [9.17, 15) is 9.59 Å². The first-order chi connectivity index (χ1) is 13.7. The number of hydrogen-bond acceptors (Lipinski definition) is 6. The average molecular weight is 392 g/mol. The summed E-state index contributed by atoms with van der Waals surface area (Å²) in [5.41, 5.74) is 1.17. The fourth-order valence-electron chi connectivity index (χ4n) is 2.68. The molecule has 6 nitrogen and oxygen atoms in total. The second kappa shape index (κ2) is 8.06. The van der Waals surface area contributed by atoms with Crippen LogP contribution in [0.5, 0.6) is 5.75 Å². The predicted octanol–water partition coefficient (Wildman–Crippen LogP) is 3.86. The second-order valence-corrected chi connectivity index (χ2v) is 7.20. The minimum absolute atomic E-state index is 0.170. The molecule has 4 rings (SSSR count). The number of nitrogens with one attached hydrogen (secondary N) is 1. The largest absolute Gasteiger partial charge is 0.484 e. The standard InChI is InChI=1S/C21H16N2O4S/c24-19(13-26-16-8-6-15-7-9-20(25)27-18(15)11-16)23-21-22-12-17(28-21)10-14-4-2-1-3-5-14/h1-9,11-12H,10,13H2,(H,22,23,24). The molecule has 0 bridgehead atoms. The SMILES string of the molecule is O=C(COc1ccc2ccc(=O)oc2c1)Nc1ncc(Cc2ccccc2)s1. The molecule has 0 saturated carbocycles. The molecule has 0 aliphatic carbocycles. The molecule has 0 spiro atoms. The summed E-state index contributed by atoms with van der Waals surface area (Å²) in [4.78, 5) is 28.7. The number of amides is 1. The Morgan fingerprint density at radius 2 is 1.93 bits per heavy atom. The molecular formula is C21H16N2O4S. The number of carbonyl (C=O) groups is 1. The van der Waals surface area contributed by atoms with Gasteiger partial charge in [0.25, 0.3) is 5.91 Å². The first-order valence-electron chi connectivity index (χ1n) is 8.61. The van der Waals surface area contributed by atoms with Crippen molar-refractivity contribution in [2.45, 2.75) is 6.42 Å². The van der Waals surface area contributed by atoms with E-state index in [-0.39, 0.29) is 12.5 Å². The Labute approximate surface area is 164 Å². The van der Waals surface area contributed by atoms with Crippen LogP contribution in [0, 0.1) is 0 Å². The van der Waals surface area contributed by atoms with Gasteiger partial charge in [-0.1, -0.05) is 30.3 Å². The number of anilines is 1. The Balaban J connectivity index is 1.34. The van der Waals surface area contributed by atoms with Gasteiger partial charge in [-0.2, -0.15) is 0 Å². The number of thiazole rings is 1. The van der Waals surface area contributed by atoms with E-state index in [1.54, 1.807) is 30.5 Å². The molecule has 2 heterocycles. The van der Waals surface area contributed by atoms with E-state index in [0.29, 0.717) is 16.5 Å². The number of hydrogen-bond donors (Lipinski definition) is 1. The summed E-state index contributed by atoms with van der Waals surface area (Å²) in [7, 11) is 0. The zero-order valence-electron chi connectivity index (χ0n) is 14.8. The Morgan fingerprint density at radius 3 is 2.79 bits per heavy atom. The quantitative estimate of drug-likeness (QED) is 0.504. The van der Waals surface area contributed by atoms with Gasteiger partial charge in [-0.15, -0.1) is 11.3 Å². The van der Waals surface area contributed by atoms with Crippen LogP contribution in [-0.2, 0) is 11.2 Å². The van der Waals surface area contributed by atoms with Gasteiger partial charge in [0, 0.05) is 35.0 Å². The lowest BCUT2D eigenvalue weighted by molar-refractivity contribution is -0.118. The molecule has 2 aromatic carbocycles. The number of benzene rings is 2. The van der Waals surface area contributed by atoms with Crippen molar-refractivity contribution < 1.29 is 13.9 Å². The fraction of sp³-hybridized carbons (Fsp3) is 0.0952. The van der Waals surface area contributed by atoms with Crippen LogP contribution in [0.1, 0.15) is 10.4 Å². The highest BCUT2D eigenvalue weighted by molar-refractivity contribution is 7.15. The zero-order valence-corrected chi connectivity index (χ0v) is 15.6. The van der Waals surface area contributed by atoms with Crippen molar-refractivity contribution in [2.24, 2.45) is 0 Å². The van der Waals surface area contributed by atoms with Crippen LogP contribution in [0.15, 0.2) is 76.1 Å². The minimum Gasteiger partial charge on any atom is -0.484 e. The Hall–Kier alpha value is -3.45. The molecule has 0 aliphatic rings. The molecule has 140 valence electrons. The van der Waals surface area contributed by atoms with Crippen molar-refractivity contribution >= 4 is 33.3 Å². The van der Waals surface area contributed by atoms with Crippen molar-refractivity contribution in [3.05, 3.63) is 87.7 Å². The highest BCUT2D eigenvalue weighted by atomic mass is 32.1. The van der Waals surface area contributed by atoms with E-state index >= 15 is 0 Å². The summed E-state index contributed by atoms with van der Waals surface area (Å²) in [6.45, 7) is -0.170. The lowest BCUT2D eigenvalue weighted by Crippen LogP contribution is -2.19. The maximum atomic E-state index is 12.1. The minimum atomic E-state index is -0.433.